The third kappa shape index (κ3) is 2.44. The normalized spacial score (nSPS) is 29.6. The van der Waals surface area contributed by atoms with Crippen molar-refractivity contribution in [1.82, 2.24) is 0 Å². The molecule has 2 aliphatic rings. The zero-order valence-electron chi connectivity index (χ0n) is 14.6. The van der Waals surface area contributed by atoms with Crippen molar-refractivity contribution in [2.45, 2.75) is 77.7 Å². The molecule has 0 aliphatic heterocycles. The number of hydrogen-bond acceptors (Lipinski definition) is 1. The minimum atomic E-state index is 0.200. The molecular formula is C20H31N. The van der Waals surface area contributed by atoms with Crippen LogP contribution in [-0.4, -0.2) is 0 Å². The number of rotatable bonds is 2. The van der Waals surface area contributed by atoms with Crippen molar-refractivity contribution >= 4 is 0 Å². The number of hydrogen-bond donors (Lipinski definition) is 1. The van der Waals surface area contributed by atoms with E-state index in [4.69, 9.17) is 5.73 Å². The Morgan fingerprint density at radius 2 is 1.48 bits per heavy atom. The quantitative estimate of drug-likeness (QED) is 0.805. The lowest BCUT2D eigenvalue weighted by Gasteiger charge is -2.42. The highest BCUT2D eigenvalue weighted by Crippen LogP contribution is 2.57. The van der Waals surface area contributed by atoms with Crippen LogP contribution in [0.3, 0.4) is 0 Å². The average molecular weight is 285 g/mol. The fraction of sp³-hybridized carbons (Fsp3) is 0.700. The molecule has 0 radical (unpaired) electrons. The molecule has 1 heteroatoms. The van der Waals surface area contributed by atoms with Gasteiger partial charge in [-0.15, -0.1) is 0 Å². The van der Waals surface area contributed by atoms with Crippen LogP contribution in [0.2, 0.25) is 0 Å². The molecule has 0 saturated heterocycles. The second-order valence-corrected chi connectivity index (χ2v) is 9.40. The Bertz CT molecular complexity index is 565. The molecule has 2 aliphatic carbocycles. The van der Waals surface area contributed by atoms with E-state index < -0.39 is 0 Å². The molecule has 1 fully saturated rings. The van der Waals surface area contributed by atoms with Crippen LogP contribution in [-0.2, 0) is 10.8 Å². The largest absolute Gasteiger partial charge is 0.324 e. The Balaban J connectivity index is 2.00. The molecule has 1 aromatic carbocycles. The molecule has 2 unspecified atom stereocenters. The van der Waals surface area contributed by atoms with E-state index in [0.29, 0.717) is 16.7 Å². The molecular weight excluding hydrogens is 254 g/mol. The van der Waals surface area contributed by atoms with Crippen molar-refractivity contribution < 1.29 is 0 Å². The molecule has 3 rings (SSSR count). The molecule has 0 amide bonds. The molecule has 1 nitrogen and oxygen atoms in total. The van der Waals surface area contributed by atoms with Gasteiger partial charge in [0.1, 0.15) is 0 Å². The van der Waals surface area contributed by atoms with Crippen LogP contribution in [0.5, 0.6) is 0 Å². The molecule has 116 valence electrons. The SMILES string of the molecule is CC1(C)CCC(C)(C)c2cc(C(N)C3CC3(C)C)ccc21. The van der Waals surface area contributed by atoms with Crippen LogP contribution in [0.4, 0.5) is 0 Å². The molecule has 0 heterocycles. The van der Waals surface area contributed by atoms with Gasteiger partial charge in [0.15, 0.2) is 0 Å². The Hall–Kier alpha value is -0.820. The minimum Gasteiger partial charge on any atom is -0.324 e. The first-order valence-corrected chi connectivity index (χ1v) is 8.45. The zero-order chi connectivity index (χ0) is 15.6. The molecule has 2 atom stereocenters. The van der Waals surface area contributed by atoms with Gasteiger partial charge in [-0.05, 0) is 58.1 Å². The Morgan fingerprint density at radius 1 is 0.952 bits per heavy atom. The standard InChI is InChI=1S/C20H31N/c1-18(2)9-10-19(3,4)15-11-13(7-8-14(15)18)17(21)16-12-20(16,5)6/h7-8,11,16-17H,9-10,12,21H2,1-6H3. The zero-order valence-corrected chi connectivity index (χ0v) is 14.6. The van der Waals surface area contributed by atoms with Crippen LogP contribution >= 0.6 is 0 Å². The van der Waals surface area contributed by atoms with Crippen molar-refractivity contribution in [2.75, 3.05) is 0 Å². The first kappa shape index (κ1) is 15.1. The number of fused-ring (bicyclic) bond motifs is 1. The minimum absolute atomic E-state index is 0.200. The molecule has 0 aromatic heterocycles. The van der Waals surface area contributed by atoms with E-state index in [0.717, 1.165) is 0 Å². The lowest BCUT2D eigenvalue weighted by Crippen LogP contribution is -2.34. The van der Waals surface area contributed by atoms with Crippen LogP contribution in [0.1, 0.15) is 83.5 Å². The second kappa shape index (κ2) is 4.35. The highest BCUT2D eigenvalue weighted by atomic mass is 14.7. The van der Waals surface area contributed by atoms with Gasteiger partial charge in [-0.1, -0.05) is 59.7 Å². The van der Waals surface area contributed by atoms with Crippen molar-refractivity contribution in [1.29, 1.82) is 0 Å². The van der Waals surface area contributed by atoms with E-state index in [1.165, 1.54) is 36.0 Å². The molecule has 0 bridgehead atoms. The Labute approximate surface area is 130 Å². The maximum absolute atomic E-state index is 6.57. The predicted molar refractivity (Wildman–Crippen MR) is 90.5 cm³/mol. The van der Waals surface area contributed by atoms with Gasteiger partial charge in [0.2, 0.25) is 0 Å². The van der Waals surface area contributed by atoms with Crippen molar-refractivity contribution in [3.05, 3.63) is 34.9 Å². The van der Waals surface area contributed by atoms with E-state index in [-0.39, 0.29) is 11.5 Å². The first-order chi connectivity index (χ1) is 9.55. The third-order valence-electron chi connectivity index (χ3n) is 6.28. The highest BCUT2D eigenvalue weighted by molar-refractivity contribution is 5.44. The summed E-state index contributed by atoms with van der Waals surface area (Å²) in [6, 6.07) is 7.28. The van der Waals surface area contributed by atoms with Crippen molar-refractivity contribution in [3.8, 4) is 0 Å². The predicted octanol–water partition coefficient (Wildman–Crippen LogP) is 5.08. The van der Waals surface area contributed by atoms with E-state index in [1.54, 1.807) is 0 Å². The van der Waals surface area contributed by atoms with E-state index >= 15 is 0 Å². The summed E-state index contributed by atoms with van der Waals surface area (Å²) >= 11 is 0. The summed E-state index contributed by atoms with van der Waals surface area (Å²) in [7, 11) is 0. The Morgan fingerprint density at radius 3 is 2.00 bits per heavy atom. The third-order valence-corrected chi connectivity index (χ3v) is 6.28. The van der Waals surface area contributed by atoms with E-state index in [2.05, 4.69) is 59.7 Å². The van der Waals surface area contributed by atoms with Crippen molar-refractivity contribution in [2.24, 2.45) is 17.1 Å². The number of nitrogens with two attached hydrogens (primary N) is 1. The van der Waals surface area contributed by atoms with Crippen LogP contribution < -0.4 is 5.73 Å². The fourth-order valence-electron chi connectivity index (χ4n) is 4.17. The maximum Gasteiger partial charge on any atom is 0.0328 e. The van der Waals surface area contributed by atoms with Gasteiger partial charge in [-0.3, -0.25) is 0 Å². The van der Waals surface area contributed by atoms with Crippen molar-refractivity contribution in [3.63, 3.8) is 0 Å². The number of benzene rings is 1. The summed E-state index contributed by atoms with van der Waals surface area (Å²) in [6.07, 6.45) is 3.80. The summed E-state index contributed by atoms with van der Waals surface area (Å²) in [6.45, 7) is 14.2. The summed E-state index contributed by atoms with van der Waals surface area (Å²) in [4.78, 5) is 0. The molecule has 21 heavy (non-hydrogen) atoms. The van der Waals surface area contributed by atoms with Gasteiger partial charge in [0.05, 0.1) is 0 Å². The van der Waals surface area contributed by atoms with Gasteiger partial charge in [-0.25, -0.2) is 0 Å². The van der Waals surface area contributed by atoms with E-state index in [9.17, 15) is 0 Å². The first-order valence-electron chi connectivity index (χ1n) is 8.45. The summed E-state index contributed by atoms with van der Waals surface area (Å²) < 4.78 is 0. The lowest BCUT2D eigenvalue weighted by molar-refractivity contribution is 0.331. The van der Waals surface area contributed by atoms with Gasteiger partial charge >= 0.3 is 0 Å². The van der Waals surface area contributed by atoms with E-state index in [1.807, 2.05) is 0 Å². The second-order valence-electron chi connectivity index (χ2n) is 9.40. The lowest BCUT2D eigenvalue weighted by atomic mass is 9.63. The van der Waals surface area contributed by atoms with Gasteiger partial charge in [0, 0.05) is 6.04 Å². The maximum atomic E-state index is 6.57. The monoisotopic (exact) mass is 285 g/mol. The van der Waals surface area contributed by atoms with Crippen LogP contribution in [0.15, 0.2) is 18.2 Å². The van der Waals surface area contributed by atoms with Gasteiger partial charge < -0.3 is 5.73 Å². The van der Waals surface area contributed by atoms with Crippen LogP contribution in [0, 0.1) is 11.3 Å². The molecule has 2 N–H and O–H groups in total. The fourth-order valence-corrected chi connectivity index (χ4v) is 4.17. The topological polar surface area (TPSA) is 26.0 Å². The summed E-state index contributed by atoms with van der Waals surface area (Å²) in [5.41, 5.74) is 12.0. The molecule has 0 spiro atoms. The molecule has 1 aromatic rings. The Kier molecular flexibility index (Phi) is 3.12. The van der Waals surface area contributed by atoms with Crippen LogP contribution in [0.25, 0.3) is 0 Å². The smallest absolute Gasteiger partial charge is 0.0328 e. The molecule has 1 saturated carbocycles. The highest BCUT2D eigenvalue weighted by Gasteiger charge is 2.49. The average Bonchev–Trinajstić information content (AvgIpc) is 3.03. The van der Waals surface area contributed by atoms with Gasteiger partial charge in [-0.2, -0.15) is 0 Å². The summed E-state index contributed by atoms with van der Waals surface area (Å²) in [5.74, 6) is 0.648. The summed E-state index contributed by atoms with van der Waals surface area (Å²) in [5, 5.41) is 0. The van der Waals surface area contributed by atoms with Gasteiger partial charge in [0.25, 0.3) is 0 Å².